The first-order chi connectivity index (χ1) is 33.2. The SMILES string of the molecule is CC/C=C\C/C=C\C/C=C\C/C=C\C/C=C\CC(=O)OC(COC(=O)CCCC/C=C\C/C=C\C/C=C\C/C=C\CC)COP(=O)(O)OCC(CO)OC(=O)CCCCCCCCCCCCC. The number of rotatable bonds is 46. The van der Waals surface area contributed by atoms with Crippen molar-refractivity contribution in [3.05, 3.63) is 109 Å². The molecule has 0 aromatic heterocycles. The van der Waals surface area contributed by atoms with Crippen LogP contribution in [0.1, 0.15) is 188 Å². The van der Waals surface area contributed by atoms with E-state index in [-0.39, 0.29) is 19.3 Å². The number of ether oxygens (including phenoxy) is 3. The fourth-order valence-corrected chi connectivity index (χ4v) is 7.15. The van der Waals surface area contributed by atoms with Gasteiger partial charge in [-0.3, -0.25) is 23.4 Å². The summed E-state index contributed by atoms with van der Waals surface area (Å²) in [5, 5.41) is 9.76. The highest BCUT2D eigenvalue weighted by molar-refractivity contribution is 7.47. The average Bonchev–Trinajstić information content (AvgIpc) is 3.32. The van der Waals surface area contributed by atoms with E-state index in [9.17, 15) is 28.9 Å². The molecule has 0 spiro atoms. The first kappa shape index (κ1) is 64.1. The Kier molecular flexibility index (Phi) is 46.7. The summed E-state index contributed by atoms with van der Waals surface area (Å²) < 4.78 is 39.1. The number of phosphoric ester groups is 1. The van der Waals surface area contributed by atoms with Crippen LogP contribution in [0.15, 0.2) is 109 Å². The molecular weight excluding hydrogens is 880 g/mol. The van der Waals surface area contributed by atoms with E-state index in [4.69, 9.17) is 23.3 Å². The largest absolute Gasteiger partial charge is 0.472 e. The zero-order chi connectivity index (χ0) is 49.9. The molecule has 11 nitrogen and oxygen atoms in total. The number of carbonyl (C=O) groups is 3. The molecule has 12 heteroatoms. The van der Waals surface area contributed by atoms with Gasteiger partial charge in [0, 0.05) is 12.8 Å². The summed E-state index contributed by atoms with van der Waals surface area (Å²) in [5.74, 6) is -1.68. The van der Waals surface area contributed by atoms with Gasteiger partial charge in [-0.1, -0.05) is 194 Å². The van der Waals surface area contributed by atoms with E-state index in [1.165, 1.54) is 44.9 Å². The van der Waals surface area contributed by atoms with Gasteiger partial charge in [0.05, 0.1) is 26.2 Å². The monoisotopic (exact) mass is 971 g/mol. The Morgan fingerprint density at radius 3 is 1.29 bits per heavy atom. The molecule has 0 aliphatic heterocycles. The van der Waals surface area contributed by atoms with Crippen LogP contribution in [0.2, 0.25) is 0 Å². The Hall–Kier alpha value is -3.86. The summed E-state index contributed by atoms with van der Waals surface area (Å²) in [7, 11) is -4.78. The van der Waals surface area contributed by atoms with E-state index in [0.717, 1.165) is 83.5 Å². The molecule has 0 saturated heterocycles. The topological polar surface area (TPSA) is 155 Å². The minimum atomic E-state index is -4.78. The number of aliphatic hydroxyl groups excluding tert-OH is 1. The van der Waals surface area contributed by atoms with E-state index >= 15 is 0 Å². The van der Waals surface area contributed by atoms with E-state index in [2.05, 4.69) is 106 Å². The number of hydrogen-bond acceptors (Lipinski definition) is 10. The van der Waals surface area contributed by atoms with Crippen LogP contribution in [0.25, 0.3) is 0 Å². The van der Waals surface area contributed by atoms with Crippen molar-refractivity contribution >= 4 is 25.7 Å². The molecule has 2 N–H and O–H groups in total. The molecule has 0 amide bonds. The van der Waals surface area contributed by atoms with Gasteiger partial charge in [0.15, 0.2) is 6.10 Å². The lowest BCUT2D eigenvalue weighted by molar-refractivity contribution is -0.160. The number of allylic oxidation sites excluding steroid dienone is 17. The number of carbonyl (C=O) groups excluding carboxylic acids is 3. The van der Waals surface area contributed by atoms with Crippen molar-refractivity contribution in [1.82, 2.24) is 0 Å². The van der Waals surface area contributed by atoms with Crippen LogP contribution < -0.4 is 0 Å². The molecule has 0 aliphatic carbocycles. The third-order valence-electron chi connectivity index (χ3n) is 10.2. The second kappa shape index (κ2) is 49.6. The van der Waals surface area contributed by atoms with Crippen molar-refractivity contribution in [2.75, 3.05) is 26.4 Å². The maximum atomic E-state index is 12.8. The summed E-state index contributed by atoms with van der Waals surface area (Å²) in [6.07, 6.45) is 58.1. The van der Waals surface area contributed by atoms with Crippen molar-refractivity contribution in [3.63, 3.8) is 0 Å². The van der Waals surface area contributed by atoms with Gasteiger partial charge in [-0.2, -0.15) is 0 Å². The molecule has 0 rings (SSSR count). The van der Waals surface area contributed by atoms with Crippen molar-refractivity contribution in [3.8, 4) is 0 Å². The normalized spacial score (nSPS) is 14.4. The molecule has 0 heterocycles. The van der Waals surface area contributed by atoms with Crippen LogP contribution in [0.3, 0.4) is 0 Å². The molecule has 0 aromatic carbocycles. The Morgan fingerprint density at radius 2 is 0.824 bits per heavy atom. The number of hydrogen-bond donors (Lipinski definition) is 2. The first-order valence-corrected chi connectivity index (χ1v) is 27.3. The van der Waals surface area contributed by atoms with Gasteiger partial charge in [0.2, 0.25) is 0 Å². The zero-order valence-corrected chi connectivity index (χ0v) is 43.2. The molecule has 386 valence electrons. The maximum absolute atomic E-state index is 12.8. The Morgan fingerprint density at radius 1 is 0.441 bits per heavy atom. The molecular formula is C56H91O11P. The van der Waals surface area contributed by atoms with Gasteiger partial charge in [-0.15, -0.1) is 0 Å². The Labute approximate surface area is 412 Å². The maximum Gasteiger partial charge on any atom is 0.472 e. The van der Waals surface area contributed by atoms with Crippen LogP contribution in [0.4, 0.5) is 0 Å². The fourth-order valence-electron chi connectivity index (χ4n) is 6.36. The molecule has 0 aliphatic rings. The zero-order valence-electron chi connectivity index (χ0n) is 42.3. The number of unbranched alkanes of at least 4 members (excludes halogenated alkanes) is 12. The van der Waals surface area contributed by atoms with Crippen LogP contribution in [0.5, 0.6) is 0 Å². The molecule has 68 heavy (non-hydrogen) atoms. The minimum Gasteiger partial charge on any atom is -0.462 e. The van der Waals surface area contributed by atoms with E-state index in [1.807, 2.05) is 18.2 Å². The number of esters is 3. The summed E-state index contributed by atoms with van der Waals surface area (Å²) in [4.78, 5) is 48.2. The van der Waals surface area contributed by atoms with E-state index in [1.54, 1.807) is 6.08 Å². The van der Waals surface area contributed by atoms with Crippen molar-refractivity contribution in [1.29, 1.82) is 0 Å². The highest BCUT2D eigenvalue weighted by Gasteiger charge is 2.28. The first-order valence-electron chi connectivity index (χ1n) is 25.8. The van der Waals surface area contributed by atoms with Crippen LogP contribution in [0, 0.1) is 0 Å². The predicted octanol–water partition coefficient (Wildman–Crippen LogP) is 14.7. The lowest BCUT2D eigenvalue weighted by atomic mass is 10.1. The van der Waals surface area contributed by atoms with Crippen molar-refractivity contribution < 1.29 is 52.2 Å². The van der Waals surface area contributed by atoms with Crippen LogP contribution in [-0.2, 0) is 42.2 Å². The number of phosphoric acid groups is 1. The predicted molar refractivity (Wildman–Crippen MR) is 279 cm³/mol. The Balaban J connectivity index is 4.95. The molecule has 3 unspecified atom stereocenters. The standard InChI is InChI=1S/C56H91O11P/c1-4-7-10-13-16-19-22-24-26-28-31-33-36-39-42-45-54(58)63-49-53(67-56(60)47-44-41-38-35-32-29-27-25-23-20-17-14-11-8-5-2)51-65-68(61,62)64-50-52(48-57)66-55(59)46-43-40-37-34-30-21-18-15-12-9-6-3/h7-8,10-11,16-17,19-20,24-27,31-33,35,41,44,52-53,57H,4-6,9,12-15,18,21-23,28-30,34,36-40,42-43,45-51H2,1-3H3,(H,61,62)/b10-7-,11-8-,19-16-,20-17-,26-24-,27-25-,33-31-,35-32-,44-41-. The molecule has 0 saturated carbocycles. The molecule has 0 aromatic rings. The lowest BCUT2D eigenvalue weighted by Gasteiger charge is -2.21. The van der Waals surface area contributed by atoms with E-state index < -0.39 is 64.4 Å². The highest BCUT2D eigenvalue weighted by atomic mass is 31.2. The average molecular weight is 971 g/mol. The summed E-state index contributed by atoms with van der Waals surface area (Å²) in [5.41, 5.74) is 0. The quantitative estimate of drug-likeness (QED) is 0.0197. The van der Waals surface area contributed by atoms with Gasteiger partial charge < -0.3 is 24.2 Å². The Bertz CT molecular complexity index is 1550. The molecule has 0 radical (unpaired) electrons. The van der Waals surface area contributed by atoms with Gasteiger partial charge in [-0.05, 0) is 83.5 Å². The van der Waals surface area contributed by atoms with Crippen LogP contribution in [-0.4, -0.2) is 66.5 Å². The third-order valence-corrected chi connectivity index (χ3v) is 11.2. The molecule has 0 bridgehead atoms. The minimum absolute atomic E-state index is 0.0781. The van der Waals surface area contributed by atoms with Crippen molar-refractivity contribution in [2.24, 2.45) is 0 Å². The van der Waals surface area contributed by atoms with Crippen LogP contribution >= 0.6 is 7.82 Å². The van der Waals surface area contributed by atoms with Gasteiger partial charge in [-0.25, -0.2) is 4.57 Å². The second-order valence-corrected chi connectivity index (χ2v) is 18.0. The number of aliphatic hydroxyl groups is 1. The fraction of sp³-hybridized carbons (Fsp3) is 0.625. The smallest absolute Gasteiger partial charge is 0.462 e. The molecule has 3 atom stereocenters. The molecule has 0 fully saturated rings. The highest BCUT2D eigenvalue weighted by Crippen LogP contribution is 2.43. The summed E-state index contributed by atoms with van der Waals surface area (Å²) in [6.45, 7) is 4.21. The summed E-state index contributed by atoms with van der Waals surface area (Å²) >= 11 is 0. The second-order valence-electron chi connectivity index (χ2n) is 16.6. The van der Waals surface area contributed by atoms with Gasteiger partial charge in [0.1, 0.15) is 12.7 Å². The van der Waals surface area contributed by atoms with Crippen molar-refractivity contribution in [2.45, 2.75) is 200 Å². The van der Waals surface area contributed by atoms with Gasteiger partial charge >= 0.3 is 25.7 Å². The van der Waals surface area contributed by atoms with E-state index in [0.29, 0.717) is 19.3 Å². The van der Waals surface area contributed by atoms with Gasteiger partial charge in [0.25, 0.3) is 0 Å². The third kappa shape index (κ3) is 47.2. The summed E-state index contributed by atoms with van der Waals surface area (Å²) in [6, 6.07) is 0. The lowest BCUT2D eigenvalue weighted by Crippen LogP contribution is -2.30.